The van der Waals surface area contributed by atoms with Gasteiger partial charge in [0.1, 0.15) is 18.5 Å². The fourth-order valence-corrected chi connectivity index (χ4v) is 2.46. The van der Waals surface area contributed by atoms with Crippen LogP contribution in [-0.4, -0.2) is 36.3 Å². The smallest absolute Gasteiger partial charge is 0.119 e. The van der Waals surface area contributed by atoms with Gasteiger partial charge in [-0.1, -0.05) is 23.7 Å². The van der Waals surface area contributed by atoms with Crippen molar-refractivity contribution < 1.29 is 9.84 Å². The SMILES string of the molecule is CN(Cc1cccc(Cl)c1)CC(O)COc1ccc(C#N)cc1. The van der Waals surface area contributed by atoms with E-state index in [1.807, 2.05) is 36.2 Å². The first-order chi connectivity index (χ1) is 11.1. The van der Waals surface area contributed by atoms with Crippen molar-refractivity contribution in [2.45, 2.75) is 12.6 Å². The predicted octanol–water partition coefficient (Wildman–Crippen LogP) is 3.08. The molecule has 0 amide bonds. The molecule has 1 atom stereocenters. The van der Waals surface area contributed by atoms with Crippen molar-refractivity contribution in [1.29, 1.82) is 5.26 Å². The molecule has 23 heavy (non-hydrogen) atoms. The topological polar surface area (TPSA) is 56.5 Å². The maximum atomic E-state index is 10.1. The molecule has 0 aromatic heterocycles. The van der Waals surface area contributed by atoms with Gasteiger partial charge in [-0.2, -0.15) is 5.26 Å². The molecule has 0 bridgehead atoms. The molecule has 0 saturated heterocycles. The fourth-order valence-electron chi connectivity index (χ4n) is 2.24. The lowest BCUT2D eigenvalue weighted by molar-refractivity contribution is 0.0744. The molecule has 4 nitrogen and oxygen atoms in total. The number of aliphatic hydroxyl groups is 1. The predicted molar refractivity (Wildman–Crippen MR) is 90.4 cm³/mol. The van der Waals surface area contributed by atoms with E-state index in [1.54, 1.807) is 24.3 Å². The third-order valence-corrected chi connectivity index (χ3v) is 3.52. The van der Waals surface area contributed by atoms with Crippen LogP contribution in [0.25, 0.3) is 0 Å². The highest BCUT2D eigenvalue weighted by atomic mass is 35.5. The maximum absolute atomic E-state index is 10.1. The molecule has 1 unspecified atom stereocenters. The monoisotopic (exact) mass is 330 g/mol. The second-order valence-electron chi connectivity index (χ2n) is 5.43. The average molecular weight is 331 g/mol. The molecule has 0 heterocycles. The second kappa shape index (κ2) is 8.54. The summed E-state index contributed by atoms with van der Waals surface area (Å²) in [5.74, 6) is 0.639. The van der Waals surface area contributed by atoms with Gasteiger partial charge < -0.3 is 9.84 Å². The highest BCUT2D eigenvalue weighted by Gasteiger charge is 2.10. The van der Waals surface area contributed by atoms with Crippen molar-refractivity contribution in [3.05, 3.63) is 64.7 Å². The van der Waals surface area contributed by atoms with Gasteiger partial charge in [-0.05, 0) is 49.0 Å². The third-order valence-electron chi connectivity index (χ3n) is 3.29. The second-order valence-corrected chi connectivity index (χ2v) is 5.86. The Morgan fingerprint density at radius 1 is 1.26 bits per heavy atom. The van der Waals surface area contributed by atoms with Crippen LogP contribution in [-0.2, 0) is 6.54 Å². The van der Waals surface area contributed by atoms with Crippen LogP contribution in [0, 0.1) is 11.3 Å². The van der Waals surface area contributed by atoms with Gasteiger partial charge in [-0.25, -0.2) is 0 Å². The van der Waals surface area contributed by atoms with Crippen LogP contribution in [0.4, 0.5) is 0 Å². The number of likely N-dealkylation sites (N-methyl/N-ethyl adjacent to an activating group) is 1. The zero-order chi connectivity index (χ0) is 16.7. The third kappa shape index (κ3) is 5.91. The Kier molecular flexibility index (Phi) is 6.42. The molecule has 0 aliphatic rings. The summed E-state index contributed by atoms with van der Waals surface area (Å²) < 4.78 is 5.53. The molecule has 120 valence electrons. The Morgan fingerprint density at radius 3 is 2.65 bits per heavy atom. The van der Waals surface area contributed by atoms with Crippen molar-refractivity contribution in [2.75, 3.05) is 20.2 Å². The van der Waals surface area contributed by atoms with Gasteiger partial charge in [0.25, 0.3) is 0 Å². The van der Waals surface area contributed by atoms with Crippen LogP contribution < -0.4 is 4.74 Å². The summed E-state index contributed by atoms with van der Waals surface area (Å²) >= 11 is 5.97. The van der Waals surface area contributed by atoms with Crippen LogP contribution in [0.2, 0.25) is 5.02 Å². The summed E-state index contributed by atoms with van der Waals surface area (Å²) in [7, 11) is 1.94. The molecule has 2 rings (SSSR count). The number of ether oxygens (including phenoxy) is 1. The summed E-state index contributed by atoms with van der Waals surface area (Å²) in [5.41, 5.74) is 1.68. The number of aliphatic hydroxyl groups excluding tert-OH is 1. The highest BCUT2D eigenvalue weighted by Crippen LogP contribution is 2.13. The molecule has 0 saturated carbocycles. The molecular formula is C18H19ClN2O2. The Hall–Kier alpha value is -2.06. The largest absolute Gasteiger partial charge is 0.491 e. The summed E-state index contributed by atoms with van der Waals surface area (Å²) in [6.45, 7) is 1.39. The van der Waals surface area contributed by atoms with Crippen LogP contribution in [0.5, 0.6) is 5.75 Å². The Balaban J connectivity index is 1.77. The van der Waals surface area contributed by atoms with E-state index in [1.165, 1.54) is 0 Å². The van der Waals surface area contributed by atoms with Gasteiger partial charge in [0, 0.05) is 18.1 Å². The highest BCUT2D eigenvalue weighted by molar-refractivity contribution is 6.30. The van der Waals surface area contributed by atoms with Crippen LogP contribution in [0.1, 0.15) is 11.1 Å². The van der Waals surface area contributed by atoms with Gasteiger partial charge in [-0.3, -0.25) is 4.90 Å². The Bertz CT molecular complexity index is 667. The van der Waals surface area contributed by atoms with Crippen molar-refractivity contribution in [1.82, 2.24) is 4.90 Å². The molecule has 0 radical (unpaired) electrons. The van der Waals surface area contributed by atoms with E-state index in [0.29, 0.717) is 29.4 Å². The van der Waals surface area contributed by atoms with E-state index in [9.17, 15) is 5.11 Å². The molecule has 2 aromatic rings. The number of nitrogens with zero attached hydrogens (tertiary/aromatic N) is 2. The van der Waals surface area contributed by atoms with E-state index in [4.69, 9.17) is 21.6 Å². The minimum absolute atomic E-state index is 0.200. The number of hydrogen-bond acceptors (Lipinski definition) is 4. The zero-order valence-corrected chi connectivity index (χ0v) is 13.7. The summed E-state index contributed by atoms with van der Waals surface area (Å²) in [6.07, 6.45) is -0.602. The van der Waals surface area contributed by atoms with Gasteiger partial charge in [0.05, 0.1) is 11.6 Å². The molecule has 5 heteroatoms. The number of benzene rings is 2. The Morgan fingerprint density at radius 2 is 2.00 bits per heavy atom. The lowest BCUT2D eigenvalue weighted by Crippen LogP contribution is -2.32. The van der Waals surface area contributed by atoms with E-state index in [-0.39, 0.29) is 6.61 Å². The van der Waals surface area contributed by atoms with Crippen molar-refractivity contribution in [3.63, 3.8) is 0 Å². The van der Waals surface area contributed by atoms with Crippen LogP contribution in [0.3, 0.4) is 0 Å². The van der Waals surface area contributed by atoms with Gasteiger partial charge in [-0.15, -0.1) is 0 Å². The molecule has 2 aromatic carbocycles. The molecule has 0 aliphatic heterocycles. The van der Waals surface area contributed by atoms with Crippen LogP contribution >= 0.6 is 11.6 Å². The lowest BCUT2D eigenvalue weighted by Gasteiger charge is -2.21. The minimum atomic E-state index is -0.602. The van der Waals surface area contributed by atoms with Gasteiger partial charge in [0.2, 0.25) is 0 Å². The standard InChI is InChI=1S/C18H19ClN2O2/c1-21(11-15-3-2-4-16(19)9-15)12-17(22)13-23-18-7-5-14(10-20)6-8-18/h2-9,17,22H,11-13H2,1H3. The lowest BCUT2D eigenvalue weighted by atomic mass is 10.2. The molecule has 0 fully saturated rings. The van der Waals surface area contributed by atoms with E-state index in [0.717, 1.165) is 5.56 Å². The van der Waals surface area contributed by atoms with Gasteiger partial charge in [0.15, 0.2) is 0 Å². The van der Waals surface area contributed by atoms with Crippen molar-refractivity contribution in [2.24, 2.45) is 0 Å². The maximum Gasteiger partial charge on any atom is 0.119 e. The fraction of sp³-hybridized carbons (Fsp3) is 0.278. The first kappa shape index (κ1) is 17.3. The minimum Gasteiger partial charge on any atom is -0.491 e. The number of nitriles is 1. The molecule has 0 spiro atoms. The van der Waals surface area contributed by atoms with Crippen molar-refractivity contribution in [3.8, 4) is 11.8 Å². The number of halogens is 1. The molecule has 0 aliphatic carbocycles. The zero-order valence-electron chi connectivity index (χ0n) is 12.9. The van der Waals surface area contributed by atoms with Crippen molar-refractivity contribution >= 4 is 11.6 Å². The van der Waals surface area contributed by atoms with E-state index >= 15 is 0 Å². The van der Waals surface area contributed by atoms with E-state index < -0.39 is 6.10 Å². The average Bonchev–Trinajstić information content (AvgIpc) is 2.53. The summed E-state index contributed by atoms with van der Waals surface area (Å²) in [4.78, 5) is 2.01. The summed E-state index contributed by atoms with van der Waals surface area (Å²) in [5, 5.41) is 19.5. The first-order valence-corrected chi connectivity index (χ1v) is 7.68. The Labute approximate surface area is 141 Å². The summed E-state index contributed by atoms with van der Waals surface area (Å²) in [6, 6.07) is 16.5. The van der Waals surface area contributed by atoms with Gasteiger partial charge >= 0.3 is 0 Å². The normalized spacial score (nSPS) is 12.0. The molecular weight excluding hydrogens is 312 g/mol. The number of hydrogen-bond donors (Lipinski definition) is 1. The van der Waals surface area contributed by atoms with E-state index in [2.05, 4.69) is 6.07 Å². The molecule has 1 N–H and O–H groups in total. The first-order valence-electron chi connectivity index (χ1n) is 7.31. The van der Waals surface area contributed by atoms with Crippen LogP contribution in [0.15, 0.2) is 48.5 Å². The quantitative estimate of drug-likeness (QED) is 0.847. The number of rotatable bonds is 7.